The van der Waals surface area contributed by atoms with E-state index < -0.39 is 0 Å². The van der Waals surface area contributed by atoms with Crippen LogP contribution in [0.5, 0.6) is 0 Å². The minimum atomic E-state index is -0.0882. The van der Waals surface area contributed by atoms with Crippen LogP contribution < -0.4 is 5.32 Å². The monoisotopic (exact) mass is 372 g/mol. The normalized spacial score (nSPS) is 12.3. The van der Waals surface area contributed by atoms with Gasteiger partial charge in [-0.3, -0.25) is 9.48 Å². The molecule has 0 aliphatic rings. The molecule has 3 heterocycles. The fraction of sp³-hybridized carbons (Fsp3) is 0.421. The molecule has 0 saturated heterocycles. The molecule has 0 saturated carbocycles. The van der Waals surface area contributed by atoms with Gasteiger partial charge in [-0.05, 0) is 51.8 Å². The number of carbonyl (C=O) groups is 1. The van der Waals surface area contributed by atoms with Crippen LogP contribution in [-0.2, 0) is 6.54 Å². The van der Waals surface area contributed by atoms with E-state index in [2.05, 4.69) is 28.4 Å². The summed E-state index contributed by atoms with van der Waals surface area (Å²) < 4.78 is 7.59. The van der Waals surface area contributed by atoms with Crippen molar-refractivity contribution in [3.05, 3.63) is 45.9 Å². The molecule has 3 rings (SSSR count). The van der Waals surface area contributed by atoms with E-state index in [-0.39, 0.29) is 11.8 Å². The Bertz CT molecular complexity index is 922. The third-order valence-electron chi connectivity index (χ3n) is 4.15. The van der Waals surface area contributed by atoms with E-state index >= 15 is 0 Å². The molecular weight excluding hydrogens is 348 g/mol. The Morgan fingerprint density at radius 1 is 1.31 bits per heavy atom. The molecule has 3 aromatic heterocycles. The Hall–Kier alpha value is -2.41. The van der Waals surface area contributed by atoms with E-state index in [4.69, 9.17) is 4.42 Å². The second-order valence-corrected chi connectivity index (χ2v) is 7.77. The average Bonchev–Trinajstić information content (AvgIpc) is 3.25. The van der Waals surface area contributed by atoms with Crippen LogP contribution in [0.2, 0.25) is 0 Å². The van der Waals surface area contributed by atoms with Gasteiger partial charge in [-0.1, -0.05) is 6.92 Å². The van der Waals surface area contributed by atoms with Crippen molar-refractivity contribution in [1.82, 2.24) is 20.1 Å². The molecule has 1 amide bonds. The van der Waals surface area contributed by atoms with E-state index in [9.17, 15) is 4.79 Å². The van der Waals surface area contributed by atoms with E-state index in [1.807, 2.05) is 44.5 Å². The summed E-state index contributed by atoms with van der Waals surface area (Å²) in [5.74, 6) is 1.72. The smallest absolute Gasteiger partial charge is 0.263 e. The van der Waals surface area contributed by atoms with Gasteiger partial charge in [-0.2, -0.15) is 5.10 Å². The van der Waals surface area contributed by atoms with E-state index in [1.54, 1.807) is 0 Å². The molecule has 0 bridgehead atoms. The predicted molar refractivity (Wildman–Crippen MR) is 102 cm³/mol. The van der Waals surface area contributed by atoms with Crippen LogP contribution in [0.4, 0.5) is 0 Å². The summed E-state index contributed by atoms with van der Waals surface area (Å²) >= 11 is 1.36. The maximum atomic E-state index is 12.5. The van der Waals surface area contributed by atoms with Gasteiger partial charge < -0.3 is 9.73 Å². The maximum absolute atomic E-state index is 12.5. The Kier molecular flexibility index (Phi) is 5.27. The third-order valence-corrected chi connectivity index (χ3v) is 5.32. The van der Waals surface area contributed by atoms with Crippen LogP contribution in [-0.4, -0.2) is 27.2 Å². The fourth-order valence-corrected chi connectivity index (χ4v) is 3.77. The van der Waals surface area contributed by atoms with Crippen molar-refractivity contribution in [3.8, 4) is 10.8 Å². The fourth-order valence-electron chi connectivity index (χ4n) is 2.83. The standard InChI is InChI=1S/C19H24N4O2S/c1-11(10-23-13(3)8-12(2)22-23)9-20-18(24)17-15(5)21-19(26-17)16-7-6-14(4)25-16/h6-8,11H,9-10H2,1-5H3,(H,20,24). The van der Waals surface area contributed by atoms with Crippen molar-refractivity contribution in [1.29, 1.82) is 0 Å². The first-order chi connectivity index (χ1) is 12.3. The number of amides is 1. The van der Waals surface area contributed by atoms with Crippen LogP contribution in [0, 0.1) is 33.6 Å². The van der Waals surface area contributed by atoms with Gasteiger partial charge in [0.2, 0.25) is 0 Å². The topological polar surface area (TPSA) is 73.0 Å². The minimum Gasteiger partial charge on any atom is -0.459 e. The number of aromatic nitrogens is 3. The highest BCUT2D eigenvalue weighted by Crippen LogP contribution is 2.29. The molecule has 1 N–H and O–H groups in total. The molecule has 0 aliphatic carbocycles. The van der Waals surface area contributed by atoms with Gasteiger partial charge in [0.15, 0.2) is 10.8 Å². The lowest BCUT2D eigenvalue weighted by molar-refractivity contribution is 0.0949. The van der Waals surface area contributed by atoms with Crippen molar-refractivity contribution in [2.24, 2.45) is 5.92 Å². The van der Waals surface area contributed by atoms with Gasteiger partial charge in [0.25, 0.3) is 5.91 Å². The number of thiazole rings is 1. The molecule has 0 aliphatic heterocycles. The summed E-state index contributed by atoms with van der Waals surface area (Å²) in [6, 6.07) is 5.84. The third kappa shape index (κ3) is 4.04. The first kappa shape index (κ1) is 18.4. The first-order valence-corrected chi connectivity index (χ1v) is 9.48. The highest BCUT2D eigenvalue weighted by Gasteiger charge is 2.18. The number of hydrogen-bond acceptors (Lipinski definition) is 5. The molecule has 0 radical (unpaired) electrons. The van der Waals surface area contributed by atoms with Crippen LogP contribution in [0.3, 0.4) is 0 Å². The summed E-state index contributed by atoms with van der Waals surface area (Å²) in [5, 5.41) is 8.22. The van der Waals surface area contributed by atoms with Gasteiger partial charge in [0.05, 0.1) is 11.4 Å². The van der Waals surface area contributed by atoms with Crippen LogP contribution in [0.1, 0.15) is 39.4 Å². The molecule has 1 unspecified atom stereocenters. The van der Waals surface area contributed by atoms with Crippen LogP contribution >= 0.6 is 11.3 Å². The quantitative estimate of drug-likeness (QED) is 0.712. The van der Waals surface area contributed by atoms with Crippen LogP contribution in [0.15, 0.2) is 22.6 Å². The summed E-state index contributed by atoms with van der Waals surface area (Å²) in [7, 11) is 0. The van der Waals surface area contributed by atoms with Crippen molar-refractivity contribution >= 4 is 17.2 Å². The minimum absolute atomic E-state index is 0.0882. The van der Waals surface area contributed by atoms with E-state index in [1.165, 1.54) is 11.3 Å². The lowest BCUT2D eigenvalue weighted by atomic mass is 10.2. The number of nitrogens with one attached hydrogen (secondary N) is 1. The molecule has 6 nitrogen and oxygen atoms in total. The average molecular weight is 372 g/mol. The Morgan fingerprint density at radius 3 is 2.69 bits per heavy atom. The zero-order chi connectivity index (χ0) is 18.8. The second-order valence-electron chi connectivity index (χ2n) is 6.77. The predicted octanol–water partition coefficient (Wildman–Crippen LogP) is 3.90. The highest BCUT2D eigenvalue weighted by molar-refractivity contribution is 7.17. The van der Waals surface area contributed by atoms with Gasteiger partial charge in [-0.15, -0.1) is 11.3 Å². The molecule has 0 spiro atoms. The van der Waals surface area contributed by atoms with Gasteiger partial charge in [0.1, 0.15) is 10.6 Å². The lowest BCUT2D eigenvalue weighted by Gasteiger charge is -2.13. The summed E-state index contributed by atoms with van der Waals surface area (Å²) in [5.41, 5.74) is 2.87. The number of hydrogen-bond donors (Lipinski definition) is 1. The Balaban J connectivity index is 1.61. The lowest BCUT2D eigenvalue weighted by Crippen LogP contribution is -2.30. The SMILES string of the molecule is Cc1cc(C)n(CC(C)CNC(=O)c2sc(-c3ccc(C)o3)nc2C)n1. The molecule has 3 aromatic rings. The van der Waals surface area contributed by atoms with E-state index in [0.29, 0.717) is 17.2 Å². The number of carbonyl (C=O) groups excluding carboxylic acids is 1. The first-order valence-electron chi connectivity index (χ1n) is 8.67. The number of aryl methyl sites for hydroxylation is 4. The molecular formula is C19H24N4O2S. The zero-order valence-electron chi connectivity index (χ0n) is 15.8. The Morgan fingerprint density at radius 2 is 2.08 bits per heavy atom. The van der Waals surface area contributed by atoms with Crippen molar-refractivity contribution in [3.63, 3.8) is 0 Å². The molecule has 0 fully saturated rings. The second kappa shape index (κ2) is 7.45. The molecule has 7 heteroatoms. The largest absolute Gasteiger partial charge is 0.459 e. The summed E-state index contributed by atoms with van der Waals surface area (Å²) in [4.78, 5) is 17.7. The number of nitrogens with zero attached hydrogens (tertiary/aromatic N) is 3. The number of furan rings is 1. The van der Waals surface area contributed by atoms with Gasteiger partial charge in [-0.25, -0.2) is 4.98 Å². The zero-order valence-corrected chi connectivity index (χ0v) is 16.6. The summed E-state index contributed by atoms with van der Waals surface area (Å²) in [6.07, 6.45) is 0. The van der Waals surface area contributed by atoms with Gasteiger partial charge >= 0.3 is 0 Å². The highest BCUT2D eigenvalue weighted by atomic mass is 32.1. The molecule has 1 atom stereocenters. The molecule has 26 heavy (non-hydrogen) atoms. The Labute approximate surface area is 157 Å². The summed E-state index contributed by atoms with van der Waals surface area (Å²) in [6.45, 7) is 11.2. The number of rotatable bonds is 6. The maximum Gasteiger partial charge on any atom is 0.263 e. The molecule has 0 aromatic carbocycles. The molecule has 138 valence electrons. The van der Waals surface area contributed by atoms with Crippen LogP contribution in [0.25, 0.3) is 10.8 Å². The van der Waals surface area contributed by atoms with Gasteiger partial charge in [0, 0.05) is 18.8 Å². The van der Waals surface area contributed by atoms with Crippen molar-refractivity contribution < 1.29 is 9.21 Å². The van der Waals surface area contributed by atoms with Crippen molar-refractivity contribution in [2.45, 2.75) is 41.2 Å². The van der Waals surface area contributed by atoms with Crippen molar-refractivity contribution in [2.75, 3.05) is 6.54 Å². The van der Waals surface area contributed by atoms with E-state index in [0.717, 1.165) is 34.4 Å².